The average molecular weight is 271 g/mol. The number of ether oxygens (including phenoxy) is 2. The van der Waals surface area contributed by atoms with Gasteiger partial charge in [0, 0.05) is 0 Å². The van der Waals surface area contributed by atoms with Crippen molar-refractivity contribution in [2.24, 2.45) is 11.7 Å². The van der Waals surface area contributed by atoms with Crippen LogP contribution in [0.3, 0.4) is 0 Å². The molecule has 5 nitrogen and oxygen atoms in total. The van der Waals surface area contributed by atoms with Gasteiger partial charge >= 0.3 is 11.9 Å². The van der Waals surface area contributed by atoms with Crippen LogP contribution in [0.1, 0.15) is 41.0 Å². The van der Waals surface area contributed by atoms with E-state index in [1.807, 2.05) is 13.8 Å². The van der Waals surface area contributed by atoms with Crippen molar-refractivity contribution >= 4 is 11.9 Å². The number of hydrogen-bond acceptors (Lipinski definition) is 5. The van der Waals surface area contributed by atoms with Crippen molar-refractivity contribution in [2.75, 3.05) is 0 Å². The van der Waals surface area contributed by atoms with Gasteiger partial charge in [-0.1, -0.05) is 26.5 Å². The molecule has 0 amide bonds. The fraction of sp³-hybridized carbons (Fsp3) is 0.714. The Hall–Kier alpha value is -1.36. The summed E-state index contributed by atoms with van der Waals surface area (Å²) in [6.07, 6.45) is 0.624. The summed E-state index contributed by atoms with van der Waals surface area (Å²) in [6, 6.07) is -0.707. The van der Waals surface area contributed by atoms with Crippen molar-refractivity contribution in [3.8, 4) is 0 Å². The monoisotopic (exact) mass is 271 g/mol. The molecule has 110 valence electrons. The molecule has 0 aromatic rings. The molecule has 19 heavy (non-hydrogen) atoms. The first-order valence-electron chi connectivity index (χ1n) is 6.37. The smallest absolute Gasteiger partial charge is 0.323 e. The van der Waals surface area contributed by atoms with E-state index in [-0.39, 0.29) is 12.3 Å². The molecule has 0 saturated carbocycles. The number of hydrogen-bond donors (Lipinski definition) is 1. The second kappa shape index (κ2) is 7.28. The van der Waals surface area contributed by atoms with Crippen molar-refractivity contribution in [2.45, 2.75) is 58.8 Å². The minimum Gasteiger partial charge on any atom is -0.460 e. The molecule has 2 N–H and O–H groups in total. The Morgan fingerprint density at radius 2 is 1.84 bits per heavy atom. The Labute approximate surface area is 115 Å². The molecule has 0 bridgehead atoms. The maximum atomic E-state index is 11.7. The number of carbonyl (C=O) groups is 2. The summed E-state index contributed by atoms with van der Waals surface area (Å²) in [7, 11) is 0. The van der Waals surface area contributed by atoms with Crippen molar-refractivity contribution in [3.05, 3.63) is 12.7 Å². The molecule has 5 heteroatoms. The van der Waals surface area contributed by atoms with Gasteiger partial charge in [-0.2, -0.15) is 0 Å². The van der Waals surface area contributed by atoms with Crippen LogP contribution in [0.2, 0.25) is 0 Å². The van der Waals surface area contributed by atoms with Crippen molar-refractivity contribution < 1.29 is 19.1 Å². The Morgan fingerprint density at radius 3 is 2.21 bits per heavy atom. The lowest BCUT2D eigenvalue weighted by atomic mass is 10.1. The van der Waals surface area contributed by atoms with Crippen molar-refractivity contribution in [3.63, 3.8) is 0 Å². The highest BCUT2D eigenvalue weighted by Gasteiger charge is 2.24. The lowest BCUT2D eigenvalue weighted by Gasteiger charge is -2.22. The van der Waals surface area contributed by atoms with Crippen LogP contribution >= 0.6 is 0 Å². The number of esters is 2. The number of carbonyl (C=O) groups excluding carboxylic acids is 2. The molecule has 0 heterocycles. The first kappa shape index (κ1) is 17.6. The molecule has 0 aromatic heterocycles. The van der Waals surface area contributed by atoms with E-state index < -0.39 is 29.7 Å². The maximum absolute atomic E-state index is 11.7. The second-order valence-electron chi connectivity index (χ2n) is 5.77. The van der Waals surface area contributed by atoms with Gasteiger partial charge in [0.15, 0.2) is 0 Å². The van der Waals surface area contributed by atoms with Crippen LogP contribution in [0, 0.1) is 5.92 Å². The molecule has 1 unspecified atom stereocenters. The van der Waals surface area contributed by atoms with Crippen LogP contribution in [-0.2, 0) is 19.1 Å². The van der Waals surface area contributed by atoms with Crippen molar-refractivity contribution in [1.29, 1.82) is 0 Å². The first-order valence-corrected chi connectivity index (χ1v) is 6.37. The summed E-state index contributed by atoms with van der Waals surface area (Å²) in [5.41, 5.74) is 5.10. The van der Waals surface area contributed by atoms with Crippen LogP contribution in [0.15, 0.2) is 12.7 Å². The SMILES string of the molecule is C=CC(CC(=O)OC(C)(C)C)OC(=O)[C@@H](N)C(C)C. The Morgan fingerprint density at radius 1 is 1.32 bits per heavy atom. The molecule has 0 spiro atoms. The summed E-state index contributed by atoms with van der Waals surface area (Å²) in [5.74, 6) is -1.01. The molecule has 0 fully saturated rings. The Balaban J connectivity index is 4.41. The number of rotatable bonds is 6. The predicted molar refractivity (Wildman–Crippen MR) is 73.4 cm³/mol. The molecule has 0 aliphatic rings. The lowest BCUT2D eigenvalue weighted by Crippen LogP contribution is -2.39. The van der Waals surface area contributed by atoms with Crippen LogP contribution in [0.4, 0.5) is 0 Å². The molecule has 0 aliphatic carbocycles. The zero-order valence-corrected chi connectivity index (χ0v) is 12.4. The summed E-state index contributed by atoms with van der Waals surface area (Å²) in [4.78, 5) is 23.3. The third-order valence-electron chi connectivity index (χ3n) is 2.31. The molecule has 0 rings (SSSR count). The third-order valence-corrected chi connectivity index (χ3v) is 2.31. The maximum Gasteiger partial charge on any atom is 0.323 e. The van der Waals surface area contributed by atoms with Crippen LogP contribution in [0.25, 0.3) is 0 Å². The minimum absolute atomic E-state index is 0.0282. The highest BCUT2D eigenvalue weighted by molar-refractivity contribution is 5.77. The van der Waals surface area contributed by atoms with E-state index in [0.29, 0.717) is 0 Å². The third kappa shape index (κ3) is 7.62. The first-order chi connectivity index (χ1) is 8.56. The summed E-state index contributed by atoms with van der Waals surface area (Å²) < 4.78 is 10.3. The molecular weight excluding hydrogens is 246 g/mol. The molecule has 0 radical (unpaired) electrons. The molecule has 0 saturated heterocycles. The quantitative estimate of drug-likeness (QED) is 0.588. The lowest BCUT2D eigenvalue weighted by molar-refractivity contribution is -0.160. The zero-order chi connectivity index (χ0) is 15.2. The van der Waals surface area contributed by atoms with Gasteiger partial charge in [0.25, 0.3) is 0 Å². The highest BCUT2D eigenvalue weighted by Crippen LogP contribution is 2.12. The van der Waals surface area contributed by atoms with Gasteiger partial charge in [-0.3, -0.25) is 9.59 Å². The molecule has 0 aromatic carbocycles. The number of nitrogens with two attached hydrogens (primary N) is 1. The van der Waals surface area contributed by atoms with Gasteiger partial charge in [-0.05, 0) is 26.7 Å². The van der Waals surface area contributed by atoms with Crippen molar-refractivity contribution in [1.82, 2.24) is 0 Å². The van der Waals surface area contributed by atoms with Gasteiger partial charge < -0.3 is 15.2 Å². The summed E-state index contributed by atoms with van der Waals surface area (Å²) >= 11 is 0. The van der Waals surface area contributed by atoms with E-state index >= 15 is 0 Å². The van der Waals surface area contributed by atoms with Gasteiger partial charge in [-0.25, -0.2) is 0 Å². The van der Waals surface area contributed by atoms with Crippen LogP contribution in [-0.4, -0.2) is 29.7 Å². The summed E-state index contributed by atoms with van der Waals surface area (Å²) in [6.45, 7) is 12.5. The molecule has 0 aliphatic heterocycles. The van der Waals surface area contributed by atoms with Gasteiger partial charge in [0.05, 0.1) is 6.42 Å². The van der Waals surface area contributed by atoms with E-state index in [9.17, 15) is 9.59 Å². The fourth-order valence-electron chi connectivity index (χ4n) is 1.22. The van der Waals surface area contributed by atoms with E-state index in [1.165, 1.54) is 6.08 Å². The normalized spacial score (nSPS) is 14.7. The minimum atomic E-state index is -0.716. The fourth-order valence-corrected chi connectivity index (χ4v) is 1.22. The molecule has 2 atom stereocenters. The average Bonchev–Trinajstić information content (AvgIpc) is 2.23. The van der Waals surface area contributed by atoms with Gasteiger partial charge in [-0.15, -0.1) is 0 Å². The predicted octanol–water partition coefficient (Wildman–Crippen LogP) is 1.80. The van der Waals surface area contributed by atoms with E-state index in [1.54, 1.807) is 20.8 Å². The van der Waals surface area contributed by atoms with E-state index in [4.69, 9.17) is 15.2 Å². The van der Waals surface area contributed by atoms with Crippen LogP contribution in [0.5, 0.6) is 0 Å². The Kier molecular flexibility index (Phi) is 6.76. The van der Waals surface area contributed by atoms with Crippen LogP contribution < -0.4 is 5.73 Å². The standard InChI is InChI=1S/C14H25NO4/c1-7-10(8-11(16)19-14(4,5)6)18-13(17)12(15)9(2)3/h7,9-10,12H,1,8,15H2,2-6H3/t10?,12-/m0/s1. The van der Waals surface area contributed by atoms with E-state index in [2.05, 4.69) is 6.58 Å². The topological polar surface area (TPSA) is 78.6 Å². The van der Waals surface area contributed by atoms with Gasteiger partial charge in [0.1, 0.15) is 17.7 Å². The van der Waals surface area contributed by atoms with E-state index in [0.717, 1.165) is 0 Å². The Bertz CT molecular complexity index is 331. The van der Waals surface area contributed by atoms with Gasteiger partial charge in [0.2, 0.25) is 0 Å². The largest absolute Gasteiger partial charge is 0.460 e. The molecular formula is C14H25NO4. The highest BCUT2D eigenvalue weighted by atomic mass is 16.6. The summed E-state index contributed by atoms with van der Waals surface area (Å²) in [5, 5.41) is 0. The second-order valence-corrected chi connectivity index (χ2v) is 5.77. The zero-order valence-electron chi connectivity index (χ0n) is 12.4.